The van der Waals surface area contributed by atoms with Crippen molar-refractivity contribution < 1.29 is 13.6 Å². The quantitative estimate of drug-likeness (QED) is 0.876. The first-order valence-corrected chi connectivity index (χ1v) is 8.24. The van der Waals surface area contributed by atoms with Crippen LogP contribution in [0.15, 0.2) is 27.2 Å². The summed E-state index contributed by atoms with van der Waals surface area (Å²) in [6.45, 7) is 3.74. The number of oxazole rings is 1. The van der Waals surface area contributed by atoms with Crippen molar-refractivity contribution in [3.63, 3.8) is 0 Å². The van der Waals surface area contributed by atoms with Crippen LogP contribution in [-0.4, -0.2) is 41.0 Å². The maximum Gasteiger partial charge on any atom is 0.263 e. The number of hydrogen-bond acceptors (Lipinski definition) is 5. The number of carbonyl (C=O) groups excluding carboxylic acids is 1. The van der Waals surface area contributed by atoms with E-state index >= 15 is 0 Å². The smallest absolute Gasteiger partial charge is 0.263 e. The molecule has 138 valence electrons. The first kappa shape index (κ1) is 19.8. The fourth-order valence-corrected chi connectivity index (χ4v) is 3.72. The molecule has 1 N–H and O–H groups in total. The minimum Gasteiger partial charge on any atom is -0.459 e. The van der Waals surface area contributed by atoms with Gasteiger partial charge in [0.1, 0.15) is 5.76 Å². The number of aromatic nitrogens is 1. The topological polar surface area (TPSA) is 71.5 Å². The Morgan fingerprint density at radius 3 is 2.88 bits per heavy atom. The van der Waals surface area contributed by atoms with Crippen LogP contribution in [0.3, 0.4) is 0 Å². The highest BCUT2D eigenvalue weighted by atomic mass is 35.5. The molecule has 0 saturated carbocycles. The molecule has 2 aliphatic rings. The molecule has 2 aliphatic heterocycles. The zero-order chi connectivity index (χ0) is 15.8. The zero-order valence-electron chi connectivity index (χ0n) is 14.1. The highest BCUT2D eigenvalue weighted by molar-refractivity contribution is 5.85. The van der Waals surface area contributed by atoms with Crippen LogP contribution in [0.2, 0.25) is 0 Å². The van der Waals surface area contributed by atoms with Crippen molar-refractivity contribution in [2.45, 2.75) is 44.7 Å². The van der Waals surface area contributed by atoms with Gasteiger partial charge in [-0.25, -0.2) is 4.98 Å². The van der Waals surface area contributed by atoms with Gasteiger partial charge in [-0.3, -0.25) is 4.79 Å². The fraction of sp³-hybridized carbons (Fsp3) is 0.529. The molecule has 2 atom stereocenters. The summed E-state index contributed by atoms with van der Waals surface area (Å²) in [5.41, 5.74) is 0.706. The molecule has 4 rings (SSSR count). The van der Waals surface area contributed by atoms with Gasteiger partial charge < -0.3 is 19.1 Å². The van der Waals surface area contributed by atoms with E-state index < -0.39 is 0 Å². The van der Waals surface area contributed by atoms with Crippen LogP contribution in [0.5, 0.6) is 0 Å². The lowest BCUT2D eigenvalue weighted by Crippen LogP contribution is -2.43. The lowest BCUT2D eigenvalue weighted by molar-refractivity contribution is -0.133. The Morgan fingerprint density at radius 2 is 2.12 bits per heavy atom. The minimum atomic E-state index is 0. The molecular formula is C17H23Cl2N3O3. The van der Waals surface area contributed by atoms with Crippen molar-refractivity contribution in [3.05, 3.63) is 29.9 Å². The van der Waals surface area contributed by atoms with Crippen molar-refractivity contribution in [1.29, 1.82) is 0 Å². The standard InChI is InChI=1S/C17H21N3O3.2ClH/c1-11-14(19-17(23-11)15-3-2-8-22-15)9-16(21)20-12-4-5-13(20)10-18-7-6-12;;/h2-3,8,12-13,18H,4-7,9-10H2,1H3;2*1H. The van der Waals surface area contributed by atoms with E-state index in [-0.39, 0.29) is 30.7 Å². The molecule has 0 spiro atoms. The number of hydrogen-bond donors (Lipinski definition) is 1. The summed E-state index contributed by atoms with van der Waals surface area (Å²) in [6.07, 6.45) is 5.13. The first-order chi connectivity index (χ1) is 11.2. The average Bonchev–Trinajstić information content (AvgIpc) is 3.19. The summed E-state index contributed by atoms with van der Waals surface area (Å²) in [4.78, 5) is 19.4. The maximum atomic E-state index is 12.8. The molecule has 4 heterocycles. The number of nitrogens with one attached hydrogen (secondary N) is 1. The van der Waals surface area contributed by atoms with Gasteiger partial charge in [0.05, 0.1) is 18.4 Å². The monoisotopic (exact) mass is 387 g/mol. The Hall–Kier alpha value is -1.50. The van der Waals surface area contributed by atoms with E-state index in [4.69, 9.17) is 8.83 Å². The second-order valence-electron chi connectivity index (χ2n) is 6.35. The van der Waals surface area contributed by atoms with Gasteiger partial charge >= 0.3 is 0 Å². The fourth-order valence-electron chi connectivity index (χ4n) is 3.72. The Balaban J connectivity index is 0.00000113. The van der Waals surface area contributed by atoms with Crippen LogP contribution in [-0.2, 0) is 11.2 Å². The lowest BCUT2D eigenvalue weighted by Gasteiger charge is -2.27. The van der Waals surface area contributed by atoms with Gasteiger partial charge in [0.15, 0.2) is 5.76 Å². The van der Waals surface area contributed by atoms with Gasteiger partial charge in [-0.05, 0) is 44.9 Å². The second-order valence-corrected chi connectivity index (χ2v) is 6.35. The molecule has 8 heteroatoms. The summed E-state index contributed by atoms with van der Waals surface area (Å²) in [5, 5.41) is 3.42. The summed E-state index contributed by atoms with van der Waals surface area (Å²) in [6, 6.07) is 4.30. The molecule has 25 heavy (non-hydrogen) atoms. The number of furan rings is 1. The molecule has 2 unspecified atom stereocenters. The summed E-state index contributed by atoms with van der Waals surface area (Å²) in [7, 11) is 0. The highest BCUT2D eigenvalue weighted by Crippen LogP contribution is 2.29. The number of nitrogens with zero attached hydrogens (tertiary/aromatic N) is 2. The molecule has 2 aromatic rings. The molecule has 2 bridgehead atoms. The summed E-state index contributed by atoms with van der Waals surface area (Å²) >= 11 is 0. The van der Waals surface area contributed by atoms with E-state index in [0.717, 1.165) is 32.4 Å². The van der Waals surface area contributed by atoms with E-state index in [1.54, 1.807) is 18.4 Å². The average molecular weight is 388 g/mol. The van der Waals surface area contributed by atoms with E-state index in [0.29, 0.717) is 41.6 Å². The molecule has 2 fully saturated rings. The van der Waals surface area contributed by atoms with Crippen molar-refractivity contribution in [3.8, 4) is 11.7 Å². The van der Waals surface area contributed by atoms with Gasteiger partial charge in [-0.1, -0.05) is 0 Å². The van der Waals surface area contributed by atoms with E-state index in [9.17, 15) is 4.79 Å². The third-order valence-electron chi connectivity index (χ3n) is 4.89. The van der Waals surface area contributed by atoms with Crippen LogP contribution < -0.4 is 5.32 Å². The minimum absolute atomic E-state index is 0. The molecular weight excluding hydrogens is 365 g/mol. The predicted octanol–water partition coefficient (Wildman–Crippen LogP) is 2.98. The maximum absolute atomic E-state index is 12.8. The Bertz CT molecular complexity index is 688. The van der Waals surface area contributed by atoms with Gasteiger partial charge in [-0.15, -0.1) is 24.8 Å². The number of carbonyl (C=O) groups is 1. The van der Waals surface area contributed by atoms with Gasteiger partial charge in [0.25, 0.3) is 5.89 Å². The molecule has 1 amide bonds. The number of aryl methyl sites for hydroxylation is 1. The Morgan fingerprint density at radius 1 is 1.32 bits per heavy atom. The Labute approximate surface area is 159 Å². The van der Waals surface area contributed by atoms with Gasteiger partial charge in [0, 0.05) is 18.6 Å². The summed E-state index contributed by atoms with van der Waals surface area (Å²) < 4.78 is 11.0. The lowest BCUT2D eigenvalue weighted by atomic mass is 10.1. The zero-order valence-corrected chi connectivity index (χ0v) is 15.7. The molecule has 2 saturated heterocycles. The van der Waals surface area contributed by atoms with Crippen molar-refractivity contribution in [2.75, 3.05) is 13.1 Å². The second kappa shape index (κ2) is 8.25. The number of halogens is 2. The van der Waals surface area contributed by atoms with Crippen molar-refractivity contribution in [1.82, 2.24) is 15.2 Å². The van der Waals surface area contributed by atoms with Crippen molar-refractivity contribution in [2.24, 2.45) is 0 Å². The molecule has 0 aromatic carbocycles. The normalized spacial score (nSPS) is 22.0. The molecule has 0 aliphatic carbocycles. The van der Waals surface area contributed by atoms with E-state index in [1.165, 1.54) is 0 Å². The van der Waals surface area contributed by atoms with Gasteiger partial charge in [0.2, 0.25) is 5.91 Å². The molecule has 6 nitrogen and oxygen atoms in total. The van der Waals surface area contributed by atoms with Crippen LogP contribution in [0.1, 0.15) is 30.7 Å². The van der Waals surface area contributed by atoms with Crippen LogP contribution in [0, 0.1) is 6.92 Å². The number of amides is 1. The Kier molecular flexibility index (Phi) is 6.54. The van der Waals surface area contributed by atoms with E-state index in [2.05, 4.69) is 15.2 Å². The molecule has 2 aromatic heterocycles. The SMILES string of the molecule is Cc1oc(-c2ccco2)nc1CC(=O)N1C2CCNCC1CC2.Cl.Cl. The molecule has 0 radical (unpaired) electrons. The number of rotatable bonds is 3. The third kappa shape index (κ3) is 3.86. The van der Waals surface area contributed by atoms with E-state index in [1.807, 2.05) is 6.92 Å². The van der Waals surface area contributed by atoms with Crippen LogP contribution in [0.4, 0.5) is 0 Å². The predicted molar refractivity (Wildman–Crippen MR) is 98.3 cm³/mol. The van der Waals surface area contributed by atoms with Crippen molar-refractivity contribution >= 4 is 30.7 Å². The highest BCUT2D eigenvalue weighted by Gasteiger charge is 2.38. The number of fused-ring (bicyclic) bond motifs is 2. The van der Waals surface area contributed by atoms with Gasteiger partial charge in [-0.2, -0.15) is 0 Å². The summed E-state index contributed by atoms with van der Waals surface area (Å²) in [5.74, 6) is 1.87. The first-order valence-electron chi connectivity index (χ1n) is 8.24. The van der Waals surface area contributed by atoms with Crippen LogP contribution in [0.25, 0.3) is 11.7 Å². The largest absolute Gasteiger partial charge is 0.459 e. The third-order valence-corrected chi connectivity index (χ3v) is 4.89. The van der Waals surface area contributed by atoms with Crippen LogP contribution >= 0.6 is 24.8 Å².